The first-order valence-corrected chi connectivity index (χ1v) is 7.11. The van der Waals surface area contributed by atoms with Gasteiger partial charge in [-0.3, -0.25) is 0 Å². The Balaban J connectivity index is 1.68. The number of likely N-dealkylation sites (tertiary alicyclic amines) is 1. The van der Waals surface area contributed by atoms with Crippen molar-refractivity contribution in [3.05, 3.63) is 18.2 Å². The normalized spacial score (nSPS) is 19.4. The third-order valence-electron chi connectivity index (χ3n) is 3.22. The highest BCUT2D eigenvalue weighted by molar-refractivity contribution is 5.68. The Morgan fingerprint density at radius 1 is 1.60 bits per heavy atom. The highest BCUT2D eigenvalue weighted by Gasteiger charge is 2.29. The number of aromatic amines is 1. The molecule has 2 heterocycles. The lowest BCUT2D eigenvalue weighted by molar-refractivity contribution is 0.0288. The first kappa shape index (κ1) is 14.8. The van der Waals surface area contributed by atoms with E-state index in [4.69, 9.17) is 4.74 Å². The number of ether oxygens (including phenoxy) is 1. The molecule has 0 bridgehead atoms. The van der Waals surface area contributed by atoms with Gasteiger partial charge < -0.3 is 19.9 Å². The van der Waals surface area contributed by atoms with E-state index in [-0.39, 0.29) is 6.09 Å². The summed E-state index contributed by atoms with van der Waals surface area (Å²) in [6, 6.07) is 0. The molecule has 0 saturated carbocycles. The van der Waals surface area contributed by atoms with E-state index in [2.05, 4.69) is 15.3 Å². The Bertz CT molecular complexity index is 425. The smallest absolute Gasteiger partial charge is 0.410 e. The Morgan fingerprint density at radius 2 is 2.40 bits per heavy atom. The summed E-state index contributed by atoms with van der Waals surface area (Å²) in [7, 11) is 0. The lowest BCUT2D eigenvalue weighted by Crippen LogP contribution is -2.36. The SMILES string of the molecule is CC(C)(C)OC(=O)N1CC[C@H](CNCc2ncc[nH]2)C1. The van der Waals surface area contributed by atoms with E-state index in [9.17, 15) is 4.79 Å². The lowest BCUT2D eigenvalue weighted by atomic mass is 10.1. The zero-order valence-electron chi connectivity index (χ0n) is 12.5. The fraction of sp³-hybridized carbons (Fsp3) is 0.714. The number of nitrogens with zero attached hydrogens (tertiary/aromatic N) is 2. The summed E-state index contributed by atoms with van der Waals surface area (Å²) < 4.78 is 5.38. The summed E-state index contributed by atoms with van der Waals surface area (Å²) in [5.74, 6) is 1.42. The van der Waals surface area contributed by atoms with Crippen molar-refractivity contribution in [2.75, 3.05) is 19.6 Å². The van der Waals surface area contributed by atoms with Gasteiger partial charge in [0.15, 0.2) is 0 Å². The zero-order chi connectivity index (χ0) is 14.6. The van der Waals surface area contributed by atoms with Crippen LogP contribution in [0.15, 0.2) is 12.4 Å². The molecule has 1 atom stereocenters. The Morgan fingerprint density at radius 3 is 3.05 bits per heavy atom. The molecule has 0 radical (unpaired) electrons. The number of nitrogens with one attached hydrogen (secondary N) is 2. The van der Waals surface area contributed by atoms with Crippen LogP contribution in [-0.4, -0.2) is 46.2 Å². The second-order valence-electron chi connectivity index (χ2n) is 6.25. The maximum absolute atomic E-state index is 11.9. The van der Waals surface area contributed by atoms with Gasteiger partial charge in [-0.2, -0.15) is 0 Å². The van der Waals surface area contributed by atoms with Gasteiger partial charge in [-0.15, -0.1) is 0 Å². The average molecular weight is 280 g/mol. The summed E-state index contributed by atoms with van der Waals surface area (Å²) in [6.45, 7) is 8.84. The topological polar surface area (TPSA) is 70.2 Å². The van der Waals surface area contributed by atoms with Gasteiger partial charge in [0.2, 0.25) is 0 Å². The van der Waals surface area contributed by atoms with E-state index in [0.717, 1.165) is 38.4 Å². The number of aromatic nitrogens is 2. The van der Waals surface area contributed by atoms with Gasteiger partial charge >= 0.3 is 6.09 Å². The second kappa shape index (κ2) is 6.26. The van der Waals surface area contributed by atoms with Crippen molar-refractivity contribution in [3.8, 4) is 0 Å². The van der Waals surface area contributed by atoms with Crippen molar-refractivity contribution >= 4 is 6.09 Å². The molecule has 1 aliphatic heterocycles. The number of hydrogen-bond donors (Lipinski definition) is 2. The van der Waals surface area contributed by atoms with E-state index in [1.165, 1.54) is 0 Å². The van der Waals surface area contributed by atoms with Crippen LogP contribution in [0.2, 0.25) is 0 Å². The molecule has 1 aromatic rings. The second-order valence-corrected chi connectivity index (χ2v) is 6.25. The molecule has 0 aromatic carbocycles. The van der Waals surface area contributed by atoms with Crippen LogP contribution in [0, 0.1) is 5.92 Å². The largest absolute Gasteiger partial charge is 0.444 e. The third kappa shape index (κ3) is 4.52. The van der Waals surface area contributed by atoms with Gasteiger partial charge in [-0.25, -0.2) is 9.78 Å². The predicted molar refractivity (Wildman–Crippen MR) is 76.2 cm³/mol. The van der Waals surface area contributed by atoms with Crippen LogP contribution >= 0.6 is 0 Å². The Labute approximate surface area is 119 Å². The maximum Gasteiger partial charge on any atom is 0.410 e. The van der Waals surface area contributed by atoms with Crippen LogP contribution in [0.4, 0.5) is 4.79 Å². The monoisotopic (exact) mass is 280 g/mol. The highest BCUT2D eigenvalue weighted by atomic mass is 16.6. The summed E-state index contributed by atoms with van der Waals surface area (Å²) >= 11 is 0. The molecule has 1 saturated heterocycles. The minimum absolute atomic E-state index is 0.203. The number of H-pyrrole nitrogens is 1. The van der Waals surface area contributed by atoms with Crippen LogP contribution < -0.4 is 5.32 Å². The van der Waals surface area contributed by atoms with Gasteiger partial charge in [0.25, 0.3) is 0 Å². The lowest BCUT2D eigenvalue weighted by Gasteiger charge is -2.24. The number of rotatable bonds is 4. The predicted octanol–water partition coefficient (Wildman–Crippen LogP) is 1.76. The van der Waals surface area contributed by atoms with Gasteiger partial charge in [-0.1, -0.05) is 0 Å². The number of amides is 1. The Kier molecular flexibility index (Phi) is 4.65. The van der Waals surface area contributed by atoms with E-state index >= 15 is 0 Å². The average Bonchev–Trinajstić information content (AvgIpc) is 2.97. The van der Waals surface area contributed by atoms with Gasteiger partial charge in [-0.05, 0) is 33.1 Å². The molecule has 1 fully saturated rings. The summed E-state index contributed by atoms with van der Waals surface area (Å²) in [5.41, 5.74) is -0.424. The van der Waals surface area contributed by atoms with Crippen LogP contribution in [0.3, 0.4) is 0 Å². The molecule has 2 N–H and O–H groups in total. The van der Waals surface area contributed by atoms with Gasteiger partial charge in [0, 0.05) is 32.0 Å². The third-order valence-corrected chi connectivity index (χ3v) is 3.22. The molecule has 1 aliphatic rings. The molecule has 1 aromatic heterocycles. The number of carbonyl (C=O) groups excluding carboxylic acids is 1. The molecular formula is C14H24N4O2. The fourth-order valence-corrected chi connectivity index (χ4v) is 2.28. The molecule has 6 heteroatoms. The van der Waals surface area contributed by atoms with Crippen molar-refractivity contribution in [2.24, 2.45) is 5.92 Å². The molecule has 1 amide bonds. The molecule has 2 rings (SSSR count). The van der Waals surface area contributed by atoms with Crippen molar-refractivity contribution in [2.45, 2.75) is 39.3 Å². The zero-order valence-corrected chi connectivity index (χ0v) is 12.5. The summed E-state index contributed by atoms with van der Waals surface area (Å²) in [4.78, 5) is 20.9. The van der Waals surface area contributed by atoms with Gasteiger partial charge in [0.1, 0.15) is 11.4 Å². The molecule has 6 nitrogen and oxygen atoms in total. The standard InChI is InChI=1S/C14H24N4O2/c1-14(2,3)20-13(19)18-7-4-11(10-18)8-15-9-12-16-5-6-17-12/h5-6,11,15H,4,7-10H2,1-3H3,(H,16,17)/t11-/m1/s1. The van der Waals surface area contributed by atoms with Crippen molar-refractivity contribution in [1.82, 2.24) is 20.2 Å². The quantitative estimate of drug-likeness (QED) is 0.881. The van der Waals surface area contributed by atoms with E-state index in [0.29, 0.717) is 5.92 Å². The molecule has 0 aliphatic carbocycles. The van der Waals surface area contributed by atoms with Gasteiger partial charge in [0.05, 0.1) is 6.54 Å². The molecule has 20 heavy (non-hydrogen) atoms. The summed E-state index contributed by atoms with van der Waals surface area (Å²) in [5, 5.41) is 3.36. The number of hydrogen-bond acceptors (Lipinski definition) is 4. The molecular weight excluding hydrogens is 256 g/mol. The minimum atomic E-state index is -0.424. The van der Waals surface area contributed by atoms with Crippen LogP contribution in [-0.2, 0) is 11.3 Å². The summed E-state index contributed by atoms with van der Waals surface area (Å²) in [6.07, 6.45) is 4.38. The fourth-order valence-electron chi connectivity index (χ4n) is 2.28. The highest BCUT2D eigenvalue weighted by Crippen LogP contribution is 2.18. The molecule has 0 unspecified atom stereocenters. The first-order chi connectivity index (χ1) is 9.44. The first-order valence-electron chi connectivity index (χ1n) is 7.11. The minimum Gasteiger partial charge on any atom is -0.444 e. The maximum atomic E-state index is 11.9. The van der Waals surface area contributed by atoms with Crippen LogP contribution in [0.5, 0.6) is 0 Å². The van der Waals surface area contributed by atoms with Crippen molar-refractivity contribution in [3.63, 3.8) is 0 Å². The number of carbonyl (C=O) groups is 1. The van der Waals surface area contributed by atoms with Crippen molar-refractivity contribution in [1.29, 1.82) is 0 Å². The Hall–Kier alpha value is -1.56. The molecule has 0 spiro atoms. The van der Waals surface area contributed by atoms with Crippen LogP contribution in [0.25, 0.3) is 0 Å². The molecule has 112 valence electrons. The van der Waals surface area contributed by atoms with E-state index in [1.807, 2.05) is 27.0 Å². The van der Waals surface area contributed by atoms with Crippen LogP contribution in [0.1, 0.15) is 33.0 Å². The van der Waals surface area contributed by atoms with Crippen molar-refractivity contribution < 1.29 is 9.53 Å². The number of imidazole rings is 1. The van der Waals surface area contributed by atoms with E-state index < -0.39 is 5.60 Å². The van der Waals surface area contributed by atoms with E-state index in [1.54, 1.807) is 11.1 Å².